The molecule has 0 atom stereocenters. The Morgan fingerprint density at radius 1 is 1.36 bits per heavy atom. The third kappa shape index (κ3) is 3.15. The number of aliphatic carboxylic acids is 1. The molecule has 0 aliphatic rings. The maximum atomic E-state index is 12.2. The number of hydrogen-bond donors (Lipinski definition) is 2. The van der Waals surface area contributed by atoms with E-state index in [2.05, 4.69) is 0 Å². The second-order valence-electron chi connectivity index (χ2n) is 5.00. The summed E-state index contributed by atoms with van der Waals surface area (Å²) in [4.78, 5) is 23.0. The van der Waals surface area contributed by atoms with E-state index in [1.54, 1.807) is 37.3 Å². The predicted octanol–water partition coefficient (Wildman–Crippen LogP) is 1.29. The molecule has 6 nitrogen and oxygen atoms in total. The number of nitrogens with two attached hydrogens (primary N) is 1. The molecular formula is C16H15N3O3. The van der Waals surface area contributed by atoms with Gasteiger partial charge in [-0.2, -0.15) is 5.26 Å². The van der Waals surface area contributed by atoms with E-state index in [0.29, 0.717) is 23.2 Å². The van der Waals surface area contributed by atoms with E-state index in [-0.39, 0.29) is 5.69 Å². The Kier molecular flexibility index (Phi) is 4.28. The molecule has 0 radical (unpaired) electrons. The van der Waals surface area contributed by atoms with Gasteiger partial charge in [0.2, 0.25) is 0 Å². The summed E-state index contributed by atoms with van der Waals surface area (Å²) in [7, 11) is 0. The third-order valence-corrected chi connectivity index (χ3v) is 3.40. The molecule has 0 aliphatic carbocycles. The van der Waals surface area contributed by atoms with Crippen LogP contribution in [0.15, 0.2) is 35.1 Å². The number of hydrogen-bond acceptors (Lipinski definition) is 4. The zero-order chi connectivity index (χ0) is 16.3. The van der Waals surface area contributed by atoms with Crippen LogP contribution in [0, 0.1) is 18.3 Å². The molecule has 0 fully saturated rings. The van der Waals surface area contributed by atoms with Gasteiger partial charge in [-0.1, -0.05) is 12.1 Å². The fourth-order valence-corrected chi connectivity index (χ4v) is 2.25. The maximum absolute atomic E-state index is 12.2. The monoisotopic (exact) mass is 297 g/mol. The molecule has 0 saturated heterocycles. The van der Waals surface area contributed by atoms with Gasteiger partial charge in [-0.15, -0.1) is 0 Å². The van der Waals surface area contributed by atoms with Crippen LogP contribution >= 0.6 is 0 Å². The highest BCUT2D eigenvalue weighted by atomic mass is 16.4. The van der Waals surface area contributed by atoms with Gasteiger partial charge in [0, 0.05) is 5.69 Å². The van der Waals surface area contributed by atoms with Gasteiger partial charge in [0.15, 0.2) is 0 Å². The number of nitrogen functional groups attached to an aromatic ring is 1. The average molecular weight is 297 g/mol. The number of aryl methyl sites for hydroxylation is 1. The van der Waals surface area contributed by atoms with Crippen LogP contribution in [0.5, 0.6) is 0 Å². The van der Waals surface area contributed by atoms with E-state index in [1.807, 2.05) is 6.07 Å². The summed E-state index contributed by atoms with van der Waals surface area (Å²) in [6, 6.07) is 10.8. The molecule has 0 saturated carbocycles. The molecule has 0 aliphatic heterocycles. The summed E-state index contributed by atoms with van der Waals surface area (Å²) >= 11 is 0. The van der Waals surface area contributed by atoms with Crippen LogP contribution in [0.1, 0.15) is 22.4 Å². The van der Waals surface area contributed by atoms with E-state index < -0.39 is 18.1 Å². The molecule has 0 spiro atoms. The van der Waals surface area contributed by atoms with Gasteiger partial charge >= 0.3 is 5.97 Å². The predicted molar refractivity (Wildman–Crippen MR) is 81.5 cm³/mol. The van der Waals surface area contributed by atoms with Crippen LogP contribution in [0.2, 0.25) is 0 Å². The number of rotatable bonds is 4. The minimum Gasteiger partial charge on any atom is -0.480 e. The molecular weight excluding hydrogens is 282 g/mol. The van der Waals surface area contributed by atoms with Gasteiger partial charge < -0.3 is 10.8 Å². The van der Waals surface area contributed by atoms with Gasteiger partial charge in [-0.25, -0.2) is 0 Å². The number of nitrogens with zero attached hydrogens (tertiary/aromatic N) is 2. The number of nitriles is 1. The van der Waals surface area contributed by atoms with E-state index in [9.17, 15) is 9.59 Å². The largest absolute Gasteiger partial charge is 0.480 e. The maximum Gasteiger partial charge on any atom is 0.323 e. The van der Waals surface area contributed by atoms with E-state index >= 15 is 0 Å². The molecule has 1 heterocycles. The second-order valence-corrected chi connectivity index (χ2v) is 5.00. The van der Waals surface area contributed by atoms with Gasteiger partial charge in [-0.3, -0.25) is 14.2 Å². The smallest absolute Gasteiger partial charge is 0.323 e. The highest BCUT2D eigenvalue weighted by Crippen LogP contribution is 2.16. The summed E-state index contributed by atoms with van der Waals surface area (Å²) in [6.45, 7) is 1.26. The number of carboxylic acids is 1. The number of aromatic nitrogens is 1. The first kappa shape index (κ1) is 15.3. The van der Waals surface area contributed by atoms with Crippen LogP contribution in [0.3, 0.4) is 0 Å². The zero-order valence-corrected chi connectivity index (χ0v) is 12.0. The number of anilines is 1. The third-order valence-electron chi connectivity index (χ3n) is 3.40. The molecule has 3 N–H and O–H groups in total. The lowest BCUT2D eigenvalue weighted by molar-refractivity contribution is -0.137. The lowest BCUT2D eigenvalue weighted by Gasteiger charge is -2.12. The van der Waals surface area contributed by atoms with Gasteiger partial charge in [0.05, 0.1) is 11.6 Å². The standard InChI is InChI=1S/C16H15N3O3/c1-10-6-13(7-11-2-4-12(8-17)5-3-11)15(18)16(22)19(10)9-14(20)21/h2-6H,7,9,18H2,1H3,(H,20,21). The van der Waals surface area contributed by atoms with Crippen LogP contribution in [-0.2, 0) is 17.8 Å². The average Bonchev–Trinajstić information content (AvgIpc) is 2.49. The van der Waals surface area contributed by atoms with Gasteiger partial charge in [-0.05, 0) is 42.7 Å². The SMILES string of the molecule is Cc1cc(Cc2ccc(C#N)cc2)c(N)c(=O)n1CC(=O)O. The van der Waals surface area contributed by atoms with Crippen LogP contribution in [0.25, 0.3) is 0 Å². The summed E-state index contributed by atoms with van der Waals surface area (Å²) in [5.74, 6) is -1.09. The first-order valence-corrected chi connectivity index (χ1v) is 6.62. The summed E-state index contributed by atoms with van der Waals surface area (Å²) < 4.78 is 1.14. The zero-order valence-electron chi connectivity index (χ0n) is 12.0. The first-order chi connectivity index (χ1) is 10.4. The summed E-state index contributed by atoms with van der Waals surface area (Å²) in [5, 5.41) is 17.6. The van der Waals surface area contributed by atoms with Crippen molar-refractivity contribution in [2.75, 3.05) is 5.73 Å². The molecule has 22 heavy (non-hydrogen) atoms. The molecule has 2 aromatic rings. The van der Waals surface area contributed by atoms with Crippen molar-refractivity contribution in [1.82, 2.24) is 4.57 Å². The Morgan fingerprint density at radius 2 is 2.00 bits per heavy atom. The topological polar surface area (TPSA) is 109 Å². The lowest BCUT2D eigenvalue weighted by atomic mass is 10.0. The minimum atomic E-state index is -1.09. The number of carboxylic acid groups (broad SMARTS) is 1. The van der Waals surface area contributed by atoms with Crippen LogP contribution < -0.4 is 11.3 Å². The first-order valence-electron chi connectivity index (χ1n) is 6.62. The molecule has 112 valence electrons. The van der Waals surface area contributed by atoms with Crippen molar-refractivity contribution in [2.24, 2.45) is 0 Å². The van der Waals surface area contributed by atoms with Crippen molar-refractivity contribution in [1.29, 1.82) is 5.26 Å². The highest BCUT2D eigenvalue weighted by molar-refractivity contribution is 5.67. The van der Waals surface area contributed by atoms with Crippen molar-refractivity contribution in [2.45, 2.75) is 19.9 Å². The minimum absolute atomic E-state index is 0.0520. The fraction of sp³-hybridized carbons (Fsp3) is 0.188. The lowest BCUT2D eigenvalue weighted by Crippen LogP contribution is -2.29. The summed E-state index contributed by atoms with van der Waals surface area (Å²) in [6.07, 6.45) is 0.446. The quantitative estimate of drug-likeness (QED) is 0.883. The summed E-state index contributed by atoms with van der Waals surface area (Å²) in [5.41, 5.74) is 8.08. The second kappa shape index (κ2) is 6.14. The van der Waals surface area contributed by atoms with E-state index in [0.717, 1.165) is 10.1 Å². The molecule has 0 bridgehead atoms. The molecule has 1 aromatic carbocycles. The van der Waals surface area contributed by atoms with Gasteiger partial charge in [0.25, 0.3) is 5.56 Å². The Bertz CT molecular complexity index is 814. The molecule has 0 unspecified atom stereocenters. The molecule has 6 heteroatoms. The Hall–Kier alpha value is -3.07. The van der Waals surface area contributed by atoms with E-state index in [1.165, 1.54) is 0 Å². The number of pyridine rings is 1. The van der Waals surface area contributed by atoms with Crippen molar-refractivity contribution in [3.63, 3.8) is 0 Å². The number of benzene rings is 1. The normalized spacial score (nSPS) is 10.2. The highest BCUT2D eigenvalue weighted by Gasteiger charge is 2.12. The molecule has 2 rings (SSSR count). The van der Waals surface area contributed by atoms with Crippen molar-refractivity contribution in [3.8, 4) is 6.07 Å². The van der Waals surface area contributed by atoms with Crippen LogP contribution in [-0.4, -0.2) is 15.6 Å². The fourth-order valence-electron chi connectivity index (χ4n) is 2.25. The van der Waals surface area contributed by atoms with Crippen molar-refractivity contribution >= 4 is 11.7 Å². The molecule has 0 amide bonds. The Morgan fingerprint density at radius 3 is 2.55 bits per heavy atom. The number of carbonyl (C=O) groups is 1. The van der Waals surface area contributed by atoms with Gasteiger partial charge in [0.1, 0.15) is 12.2 Å². The Balaban J connectivity index is 2.38. The van der Waals surface area contributed by atoms with Crippen molar-refractivity contribution < 1.29 is 9.90 Å². The van der Waals surface area contributed by atoms with Crippen molar-refractivity contribution in [3.05, 3.63) is 63.1 Å². The Labute approximate surface area is 127 Å². The van der Waals surface area contributed by atoms with E-state index in [4.69, 9.17) is 16.1 Å². The van der Waals surface area contributed by atoms with Crippen LogP contribution in [0.4, 0.5) is 5.69 Å². The molecule has 1 aromatic heterocycles.